The molecule has 0 fully saturated rings. The molecule has 88 valence electrons. The Hall–Kier alpha value is -1.45. The molecule has 1 aromatic heterocycles. The van der Waals surface area contributed by atoms with Crippen molar-refractivity contribution in [3.63, 3.8) is 0 Å². The summed E-state index contributed by atoms with van der Waals surface area (Å²) in [5.41, 5.74) is 8.71. The number of benzene rings is 1. The van der Waals surface area contributed by atoms with Crippen LogP contribution in [0.4, 0.5) is 17.1 Å². The van der Waals surface area contributed by atoms with Gasteiger partial charge in [0, 0.05) is 23.3 Å². The molecule has 0 aliphatic carbocycles. The fraction of sp³-hybridized carbons (Fsp3) is 0.0833. The third-order valence-corrected chi connectivity index (χ3v) is 2.89. The number of anilines is 3. The summed E-state index contributed by atoms with van der Waals surface area (Å²) < 4.78 is 0. The standard InChI is InChI=1S/C12H11Cl2N3/c1-7-4-8(2-3-16-7)17-9-5-10(13)12(15)11(14)6-9/h2-6H,15H2,1H3,(H,16,17). The van der Waals surface area contributed by atoms with Gasteiger partial charge >= 0.3 is 0 Å². The number of aromatic nitrogens is 1. The molecule has 0 atom stereocenters. The van der Waals surface area contributed by atoms with Crippen LogP contribution in [0.5, 0.6) is 0 Å². The Bertz CT molecular complexity index is 532. The predicted molar refractivity (Wildman–Crippen MR) is 73.1 cm³/mol. The number of rotatable bonds is 2. The molecule has 2 aromatic rings. The topological polar surface area (TPSA) is 50.9 Å². The fourth-order valence-electron chi connectivity index (χ4n) is 1.45. The molecule has 0 amide bonds. The van der Waals surface area contributed by atoms with E-state index in [0.717, 1.165) is 17.1 Å². The van der Waals surface area contributed by atoms with Crippen LogP contribution in [0.15, 0.2) is 30.5 Å². The molecule has 1 aromatic carbocycles. The van der Waals surface area contributed by atoms with Crippen molar-refractivity contribution in [1.82, 2.24) is 4.98 Å². The minimum absolute atomic E-state index is 0.393. The quantitative estimate of drug-likeness (QED) is 0.808. The maximum atomic E-state index is 5.95. The molecule has 0 saturated carbocycles. The zero-order chi connectivity index (χ0) is 12.4. The van der Waals surface area contributed by atoms with Crippen molar-refractivity contribution in [3.8, 4) is 0 Å². The van der Waals surface area contributed by atoms with Crippen molar-refractivity contribution in [2.75, 3.05) is 11.1 Å². The van der Waals surface area contributed by atoms with Crippen molar-refractivity contribution in [2.24, 2.45) is 0 Å². The number of nitrogens with one attached hydrogen (secondary N) is 1. The lowest BCUT2D eigenvalue weighted by Crippen LogP contribution is -1.94. The molecule has 0 spiro atoms. The van der Waals surface area contributed by atoms with Gasteiger partial charge in [-0.15, -0.1) is 0 Å². The molecule has 0 bridgehead atoms. The van der Waals surface area contributed by atoms with Crippen LogP contribution in [-0.2, 0) is 0 Å². The molecule has 3 nitrogen and oxygen atoms in total. The monoisotopic (exact) mass is 267 g/mol. The number of nitrogens with zero attached hydrogens (tertiary/aromatic N) is 1. The molecule has 0 aliphatic rings. The Kier molecular flexibility index (Phi) is 3.41. The number of hydrogen-bond acceptors (Lipinski definition) is 3. The van der Waals surface area contributed by atoms with Gasteiger partial charge in [-0.2, -0.15) is 0 Å². The predicted octanol–water partition coefficient (Wildman–Crippen LogP) is 4.02. The Labute approximate surface area is 110 Å². The Morgan fingerprint density at radius 1 is 1.12 bits per heavy atom. The smallest absolute Gasteiger partial charge is 0.0694 e. The second-order valence-electron chi connectivity index (χ2n) is 3.66. The lowest BCUT2D eigenvalue weighted by atomic mass is 10.2. The van der Waals surface area contributed by atoms with E-state index in [9.17, 15) is 0 Å². The number of aryl methyl sites for hydroxylation is 1. The highest BCUT2D eigenvalue weighted by Crippen LogP contribution is 2.32. The first-order valence-electron chi connectivity index (χ1n) is 5.00. The minimum atomic E-state index is 0.393. The Balaban J connectivity index is 2.31. The molecule has 0 unspecified atom stereocenters. The van der Waals surface area contributed by atoms with Gasteiger partial charge in [0.1, 0.15) is 0 Å². The molecule has 0 saturated heterocycles. The van der Waals surface area contributed by atoms with Crippen molar-refractivity contribution in [3.05, 3.63) is 46.2 Å². The van der Waals surface area contributed by atoms with Gasteiger partial charge < -0.3 is 11.1 Å². The van der Waals surface area contributed by atoms with Gasteiger partial charge in [-0.05, 0) is 31.2 Å². The normalized spacial score (nSPS) is 10.3. The van der Waals surface area contributed by atoms with Gasteiger partial charge in [0.15, 0.2) is 0 Å². The summed E-state index contributed by atoms with van der Waals surface area (Å²) in [5.74, 6) is 0. The summed E-state index contributed by atoms with van der Waals surface area (Å²) in [6.07, 6.45) is 1.73. The molecule has 2 rings (SSSR count). The summed E-state index contributed by atoms with van der Waals surface area (Å²) in [4.78, 5) is 4.12. The summed E-state index contributed by atoms with van der Waals surface area (Å²) in [6.45, 7) is 1.92. The van der Waals surface area contributed by atoms with E-state index in [4.69, 9.17) is 28.9 Å². The van der Waals surface area contributed by atoms with Gasteiger partial charge in [-0.1, -0.05) is 23.2 Å². The first kappa shape index (κ1) is 12.0. The summed E-state index contributed by atoms with van der Waals surface area (Å²) in [5, 5.41) is 4.06. The number of nitrogens with two attached hydrogens (primary N) is 1. The van der Waals surface area contributed by atoms with Crippen molar-refractivity contribution in [1.29, 1.82) is 0 Å². The van der Waals surface area contributed by atoms with Gasteiger partial charge in [0.2, 0.25) is 0 Å². The van der Waals surface area contributed by atoms with E-state index in [-0.39, 0.29) is 0 Å². The van der Waals surface area contributed by atoms with E-state index >= 15 is 0 Å². The zero-order valence-electron chi connectivity index (χ0n) is 9.17. The van der Waals surface area contributed by atoms with Crippen molar-refractivity contribution in [2.45, 2.75) is 6.92 Å². The average molecular weight is 268 g/mol. The van der Waals surface area contributed by atoms with Crippen LogP contribution >= 0.6 is 23.2 Å². The zero-order valence-corrected chi connectivity index (χ0v) is 10.7. The molecule has 5 heteroatoms. The number of halogens is 2. The highest BCUT2D eigenvalue weighted by atomic mass is 35.5. The lowest BCUT2D eigenvalue weighted by Gasteiger charge is -2.09. The summed E-state index contributed by atoms with van der Waals surface area (Å²) >= 11 is 11.9. The third-order valence-electron chi connectivity index (χ3n) is 2.26. The molecule has 3 N–H and O–H groups in total. The highest BCUT2D eigenvalue weighted by molar-refractivity contribution is 6.39. The number of hydrogen-bond donors (Lipinski definition) is 2. The SMILES string of the molecule is Cc1cc(Nc2cc(Cl)c(N)c(Cl)c2)ccn1. The molecule has 0 radical (unpaired) electrons. The first-order valence-corrected chi connectivity index (χ1v) is 5.76. The molecule has 1 heterocycles. The number of pyridine rings is 1. The fourth-order valence-corrected chi connectivity index (χ4v) is 1.93. The van der Waals surface area contributed by atoms with Gasteiger partial charge in [0.25, 0.3) is 0 Å². The van der Waals surface area contributed by atoms with Crippen LogP contribution in [0, 0.1) is 6.92 Å². The van der Waals surface area contributed by atoms with E-state index in [1.807, 2.05) is 19.1 Å². The maximum Gasteiger partial charge on any atom is 0.0694 e. The highest BCUT2D eigenvalue weighted by Gasteiger charge is 2.05. The first-order chi connectivity index (χ1) is 8.06. The molecular weight excluding hydrogens is 257 g/mol. The summed E-state index contributed by atoms with van der Waals surface area (Å²) in [7, 11) is 0. The Morgan fingerprint density at radius 3 is 2.35 bits per heavy atom. The van der Waals surface area contributed by atoms with Crippen LogP contribution < -0.4 is 11.1 Å². The molecule has 0 aliphatic heterocycles. The van der Waals surface area contributed by atoms with E-state index in [1.54, 1.807) is 18.3 Å². The third kappa shape index (κ3) is 2.81. The van der Waals surface area contributed by atoms with Crippen LogP contribution in [0.2, 0.25) is 10.0 Å². The van der Waals surface area contributed by atoms with Gasteiger partial charge in [-0.25, -0.2) is 0 Å². The average Bonchev–Trinajstić information content (AvgIpc) is 2.26. The molecule has 17 heavy (non-hydrogen) atoms. The van der Waals surface area contributed by atoms with Gasteiger partial charge in [0.05, 0.1) is 15.7 Å². The Morgan fingerprint density at radius 2 is 1.76 bits per heavy atom. The minimum Gasteiger partial charge on any atom is -0.396 e. The van der Waals surface area contributed by atoms with E-state index in [1.165, 1.54) is 0 Å². The van der Waals surface area contributed by atoms with Crippen LogP contribution in [-0.4, -0.2) is 4.98 Å². The van der Waals surface area contributed by atoms with Crippen molar-refractivity contribution < 1.29 is 0 Å². The van der Waals surface area contributed by atoms with E-state index < -0.39 is 0 Å². The van der Waals surface area contributed by atoms with Crippen LogP contribution in [0.1, 0.15) is 5.69 Å². The van der Waals surface area contributed by atoms with Gasteiger partial charge in [-0.3, -0.25) is 4.98 Å². The van der Waals surface area contributed by atoms with Crippen molar-refractivity contribution >= 4 is 40.3 Å². The van der Waals surface area contributed by atoms with Crippen LogP contribution in [0.3, 0.4) is 0 Å². The van der Waals surface area contributed by atoms with E-state index in [2.05, 4.69) is 10.3 Å². The van der Waals surface area contributed by atoms with Crippen LogP contribution in [0.25, 0.3) is 0 Å². The molecular formula is C12H11Cl2N3. The number of nitrogen functional groups attached to an aromatic ring is 1. The second kappa shape index (κ2) is 4.82. The largest absolute Gasteiger partial charge is 0.396 e. The maximum absolute atomic E-state index is 5.95. The van der Waals surface area contributed by atoms with E-state index in [0.29, 0.717) is 15.7 Å². The summed E-state index contributed by atoms with van der Waals surface area (Å²) in [6, 6.07) is 7.26. The lowest BCUT2D eigenvalue weighted by molar-refractivity contribution is 1.20. The second-order valence-corrected chi connectivity index (χ2v) is 4.48.